The van der Waals surface area contributed by atoms with Gasteiger partial charge >= 0.3 is 0 Å². The van der Waals surface area contributed by atoms with E-state index in [1.165, 1.54) is 57.6 Å². The molecule has 0 aromatic carbocycles. The maximum atomic E-state index is 12.5. The van der Waals surface area contributed by atoms with Crippen molar-refractivity contribution in [1.82, 2.24) is 14.6 Å². The monoisotopic (exact) mass is 363 g/mol. The van der Waals surface area contributed by atoms with E-state index in [0.717, 1.165) is 16.1 Å². The minimum Gasteiger partial charge on any atom is -0.352 e. The Kier molecular flexibility index (Phi) is 4.32. The number of aromatic nitrogens is 1. The lowest BCUT2D eigenvalue weighted by molar-refractivity contribution is -0.125. The van der Waals surface area contributed by atoms with E-state index < -0.39 is 10.0 Å². The van der Waals surface area contributed by atoms with Crippen LogP contribution >= 0.6 is 0 Å². The lowest BCUT2D eigenvalue weighted by Gasteiger charge is -2.54. The average Bonchev–Trinajstić information content (AvgIpc) is 2.58. The first-order valence-electron chi connectivity index (χ1n) is 9.09. The molecule has 0 radical (unpaired) electrons. The van der Waals surface area contributed by atoms with E-state index in [1.807, 2.05) is 0 Å². The zero-order valence-corrected chi connectivity index (χ0v) is 15.3. The molecule has 5 rings (SSSR count). The highest BCUT2D eigenvalue weighted by atomic mass is 32.2. The second-order valence-corrected chi connectivity index (χ2v) is 10.0. The number of amides is 1. The minimum atomic E-state index is -3.69. The van der Waals surface area contributed by atoms with Crippen LogP contribution in [0.3, 0.4) is 0 Å². The summed E-state index contributed by atoms with van der Waals surface area (Å²) in [6.07, 6.45) is 9.10. The fourth-order valence-corrected chi connectivity index (χ4v) is 6.45. The van der Waals surface area contributed by atoms with Gasteiger partial charge in [0, 0.05) is 25.5 Å². The third-order valence-electron chi connectivity index (χ3n) is 6.26. The number of nitrogens with zero attached hydrogens (tertiary/aromatic N) is 2. The molecule has 1 aromatic heterocycles. The van der Waals surface area contributed by atoms with E-state index in [2.05, 4.69) is 10.3 Å². The molecule has 1 heterocycles. The van der Waals surface area contributed by atoms with Crippen LogP contribution in [0.4, 0.5) is 0 Å². The minimum absolute atomic E-state index is 0.111. The molecule has 0 atom stereocenters. The van der Waals surface area contributed by atoms with Gasteiger partial charge in [-0.05, 0) is 67.9 Å². The predicted octanol–water partition coefficient (Wildman–Crippen LogP) is 1.64. The number of pyridine rings is 1. The normalized spacial score (nSPS) is 33.6. The second-order valence-electron chi connectivity index (χ2n) is 7.97. The fourth-order valence-electron chi connectivity index (χ4n) is 5.36. The van der Waals surface area contributed by atoms with Gasteiger partial charge in [0.2, 0.25) is 15.9 Å². The van der Waals surface area contributed by atoms with Gasteiger partial charge in [0.15, 0.2) is 0 Å². The fraction of sp³-hybridized carbons (Fsp3) is 0.667. The smallest absolute Gasteiger partial charge is 0.244 e. The van der Waals surface area contributed by atoms with E-state index in [9.17, 15) is 13.2 Å². The van der Waals surface area contributed by atoms with Crippen LogP contribution < -0.4 is 5.32 Å². The lowest BCUT2D eigenvalue weighted by Crippen LogP contribution is -2.57. The Bertz CT molecular complexity index is 722. The number of rotatable bonds is 5. The summed E-state index contributed by atoms with van der Waals surface area (Å²) < 4.78 is 26.1. The van der Waals surface area contributed by atoms with Gasteiger partial charge < -0.3 is 5.32 Å². The zero-order valence-electron chi connectivity index (χ0n) is 14.5. The van der Waals surface area contributed by atoms with Crippen LogP contribution in [0, 0.1) is 23.7 Å². The van der Waals surface area contributed by atoms with E-state index in [0.29, 0.717) is 11.8 Å². The maximum Gasteiger partial charge on any atom is 0.244 e. The summed E-state index contributed by atoms with van der Waals surface area (Å²) in [6.45, 7) is -0.153. The molecule has 25 heavy (non-hydrogen) atoms. The standard InChI is InChI=1S/C18H25N3O3S/c1-21(25(23,24)16-3-2-4-19-10-16)11-17(22)20-18-14-6-12-5-13(8-14)9-15(18)7-12/h2-4,10,12-15,18H,5-9,11H2,1H3,(H,20,22). The molecule has 4 bridgehead atoms. The van der Waals surface area contributed by atoms with Crippen LogP contribution in [0.15, 0.2) is 29.4 Å². The molecule has 0 unspecified atom stereocenters. The highest BCUT2D eigenvalue weighted by molar-refractivity contribution is 7.89. The van der Waals surface area contributed by atoms with Crippen molar-refractivity contribution in [3.05, 3.63) is 24.5 Å². The van der Waals surface area contributed by atoms with Gasteiger partial charge in [-0.15, -0.1) is 0 Å². The zero-order chi connectivity index (χ0) is 17.6. The molecule has 1 N–H and O–H groups in total. The molecule has 6 nitrogen and oxygen atoms in total. The molecule has 7 heteroatoms. The Balaban J connectivity index is 1.39. The average molecular weight is 363 g/mol. The van der Waals surface area contributed by atoms with E-state index in [1.54, 1.807) is 6.07 Å². The first-order valence-corrected chi connectivity index (χ1v) is 10.5. The predicted molar refractivity (Wildman–Crippen MR) is 93.0 cm³/mol. The summed E-state index contributed by atoms with van der Waals surface area (Å²) in [6, 6.07) is 3.30. The topological polar surface area (TPSA) is 79.4 Å². The Morgan fingerprint density at radius 1 is 1.20 bits per heavy atom. The Hall–Kier alpha value is -1.47. The molecule has 1 amide bonds. The van der Waals surface area contributed by atoms with Crippen LogP contribution in [0.25, 0.3) is 0 Å². The Morgan fingerprint density at radius 2 is 1.84 bits per heavy atom. The Labute approximate surface area is 149 Å². The van der Waals surface area contributed by atoms with Gasteiger partial charge in [-0.1, -0.05) is 0 Å². The van der Waals surface area contributed by atoms with E-state index >= 15 is 0 Å². The van der Waals surface area contributed by atoms with Gasteiger partial charge in [0.05, 0.1) is 6.54 Å². The number of hydrogen-bond acceptors (Lipinski definition) is 4. The third-order valence-corrected chi connectivity index (χ3v) is 8.05. The van der Waals surface area contributed by atoms with Crippen molar-refractivity contribution in [3.8, 4) is 0 Å². The molecule has 136 valence electrons. The third kappa shape index (κ3) is 3.19. The van der Waals surface area contributed by atoms with Gasteiger partial charge in [-0.25, -0.2) is 8.42 Å². The van der Waals surface area contributed by atoms with Crippen LogP contribution in [0.5, 0.6) is 0 Å². The summed E-state index contributed by atoms with van der Waals surface area (Å²) in [5.74, 6) is 2.67. The van der Waals surface area contributed by atoms with Crippen molar-refractivity contribution in [2.45, 2.75) is 43.0 Å². The molecule has 0 aliphatic heterocycles. The van der Waals surface area contributed by atoms with Crippen molar-refractivity contribution in [2.75, 3.05) is 13.6 Å². The first kappa shape index (κ1) is 17.0. The summed E-state index contributed by atoms with van der Waals surface area (Å²) in [7, 11) is -2.24. The summed E-state index contributed by atoms with van der Waals surface area (Å²) in [5, 5.41) is 3.16. The van der Waals surface area contributed by atoms with Gasteiger partial charge in [0.1, 0.15) is 4.90 Å². The van der Waals surface area contributed by atoms with Gasteiger partial charge in [0.25, 0.3) is 0 Å². The lowest BCUT2D eigenvalue weighted by atomic mass is 9.54. The number of nitrogens with one attached hydrogen (secondary N) is 1. The van der Waals surface area contributed by atoms with Crippen molar-refractivity contribution < 1.29 is 13.2 Å². The number of carbonyl (C=O) groups excluding carboxylic acids is 1. The highest BCUT2D eigenvalue weighted by Crippen LogP contribution is 2.53. The molecule has 0 saturated heterocycles. The van der Waals surface area contributed by atoms with Gasteiger partial charge in [-0.2, -0.15) is 4.31 Å². The second kappa shape index (κ2) is 6.36. The SMILES string of the molecule is CN(CC(=O)NC1C2CC3CC(C2)CC1C3)S(=O)(=O)c1cccnc1. The van der Waals surface area contributed by atoms with E-state index in [-0.39, 0.29) is 23.4 Å². The number of sulfonamides is 1. The number of hydrogen-bond donors (Lipinski definition) is 1. The van der Waals surface area contributed by atoms with Crippen LogP contribution in [-0.2, 0) is 14.8 Å². The van der Waals surface area contributed by atoms with Crippen molar-refractivity contribution in [2.24, 2.45) is 23.7 Å². The number of carbonyl (C=O) groups is 1. The first-order chi connectivity index (χ1) is 11.9. The van der Waals surface area contributed by atoms with Crippen molar-refractivity contribution in [3.63, 3.8) is 0 Å². The quantitative estimate of drug-likeness (QED) is 0.863. The van der Waals surface area contributed by atoms with Crippen LogP contribution in [0.1, 0.15) is 32.1 Å². The maximum absolute atomic E-state index is 12.5. The molecule has 4 fully saturated rings. The largest absolute Gasteiger partial charge is 0.352 e. The summed E-state index contributed by atoms with van der Waals surface area (Å²) >= 11 is 0. The van der Waals surface area contributed by atoms with Gasteiger partial charge in [-0.3, -0.25) is 9.78 Å². The van der Waals surface area contributed by atoms with Crippen LogP contribution in [-0.4, -0.2) is 43.2 Å². The highest BCUT2D eigenvalue weighted by Gasteiger charge is 2.48. The molecule has 4 aliphatic rings. The molecule has 4 saturated carbocycles. The van der Waals surface area contributed by atoms with E-state index in [4.69, 9.17) is 0 Å². The molecular weight excluding hydrogens is 338 g/mol. The van der Waals surface area contributed by atoms with Crippen molar-refractivity contribution >= 4 is 15.9 Å². The van der Waals surface area contributed by atoms with Crippen LogP contribution in [0.2, 0.25) is 0 Å². The molecule has 1 aromatic rings. The number of likely N-dealkylation sites (N-methyl/N-ethyl adjacent to an activating group) is 1. The molecule has 0 spiro atoms. The molecular formula is C18H25N3O3S. The summed E-state index contributed by atoms with van der Waals surface area (Å²) in [5.41, 5.74) is 0. The van der Waals surface area contributed by atoms with Crippen molar-refractivity contribution in [1.29, 1.82) is 0 Å². The Morgan fingerprint density at radius 3 is 2.40 bits per heavy atom. The molecule has 4 aliphatic carbocycles. The summed E-state index contributed by atoms with van der Waals surface area (Å²) in [4.78, 5) is 16.5.